The molecule has 0 aliphatic carbocycles. The van der Waals surface area contributed by atoms with Gasteiger partial charge in [0.15, 0.2) is 0 Å². The third-order valence-corrected chi connectivity index (χ3v) is 3.28. The maximum atomic E-state index is 13.3. The van der Waals surface area contributed by atoms with E-state index in [2.05, 4.69) is 48.4 Å². The van der Waals surface area contributed by atoms with E-state index < -0.39 is 0 Å². The van der Waals surface area contributed by atoms with E-state index in [-0.39, 0.29) is 11.9 Å². The van der Waals surface area contributed by atoms with Crippen molar-refractivity contribution in [3.05, 3.63) is 65.2 Å². The van der Waals surface area contributed by atoms with Gasteiger partial charge in [-0.2, -0.15) is 0 Å². The minimum atomic E-state index is -0.309. The summed E-state index contributed by atoms with van der Waals surface area (Å²) >= 11 is 0. The molecule has 100 valence electrons. The Balaban J connectivity index is 2.31. The summed E-state index contributed by atoms with van der Waals surface area (Å²) in [5, 5.41) is 3.20. The summed E-state index contributed by atoms with van der Waals surface area (Å²) in [6.45, 7) is 4.34. The molecule has 3 heteroatoms. The Hall–Kier alpha value is -1.74. The molecule has 1 unspecified atom stereocenters. The van der Waals surface area contributed by atoms with Crippen LogP contribution in [-0.2, 0) is 0 Å². The fourth-order valence-electron chi connectivity index (χ4n) is 2.19. The quantitative estimate of drug-likeness (QED) is 0.905. The number of hydrogen-bond donors (Lipinski definition) is 1. The largest absolute Gasteiger partial charge is 0.309 e. The second-order valence-electron chi connectivity index (χ2n) is 4.98. The van der Waals surface area contributed by atoms with Crippen LogP contribution in [0.25, 0.3) is 0 Å². The molecule has 2 rings (SSSR count). The molecule has 2 aromatic rings. The van der Waals surface area contributed by atoms with Crippen LogP contribution in [-0.4, -0.2) is 12.0 Å². The van der Waals surface area contributed by atoms with E-state index in [1.165, 1.54) is 17.8 Å². The Kier molecular flexibility index (Phi) is 4.27. The zero-order chi connectivity index (χ0) is 13.8. The maximum absolute atomic E-state index is 13.3. The summed E-state index contributed by atoms with van der Waals surface area (Å²) in [6, 6.07) is 9.89. The van der Waals surface area contributed by atoms with Crippen LogP contribution in [0.3, 0.4) is 0 Å². The first-order valence-electron chi connectivity index (χ1n) is 6.49. The van der Waals surface area contributed by atoms with Crippen molar-refractivity contribution in [2.45, 2.75) is 25.8 Å². The van der Waals surface area contributed by atoms with Crippen molar-refractivity contribution < 1.29 is 4.39 Å². The predicted molar refractivity (Wildman–Crippen MR) is 75.6 cm³/mol. The van der Waals surface area contributed by atoms with Crippen molar-refractivity contribution in [3.63, 3.8) is 0 Å². The SMILES string of the molecule is CNC(c1ccc(C(C)C)cc1)c1cncc(F)c1. The molecule has 1 N–H and O–H groups in total. The Labute approximate surface area is 113 Å². The van der Waals surface area contributed by atoms with Crippen LogP contribution < -0.4 is 5.32 Å². The minimum absolute atomic E-state index is 0.0376. The fourth-order valence-corrected chi connectivity index (χ4v) is 2.19. The van der Waals surface area contributed by atoms with Gasteiger partial charge >= 0.3 is 0 Å². The van der Waals surface area contributed by atoms with Gasteiger partial charge < -0.3 is 5.32 Å². The lowest BCUT2D eigenvalue weighted by atomic mass is 9.96. The molecular formula is C16H19FN2. The van der Waals surface area contributed by atoms with Gasteiger partial charge in [0.05, 0.1) is 12.2 Å². The summed E-state index contributed by atoms with van der Waals surface area (Å²) in [5.74, 6) is 0.203. The van der Waals surface area contributed by atoms with E-state index in [9.17, 15) is 4.39 Å². The summed E-state index contributed by atoms with van der Waals surface area (Å²) in [7, 11) is 1.87. The molecule has 0 saturated heterocycles. The molecule has 0 radical (unpaired) electrons. The van der Waals surface area contributed by atoms with E-state index in [0.29, 0.717) is 5.92 Å². The first-order valence-corrected chi connectivity index (χ1v) is 6.49. The lowest BCUT2D eigenvalue weighted by Gasteiger charge is -2.17. The van der Waals surface area contributed by atoms with Gasteiger partial charge in [-0.3, -0.25) is 4.98 Å². The molecule has 0 aliphatic rings. The highest BCUT2D eigenvalue weighted by atomic mass is 19.1. The first kappa shape index (κ1) is 13.7. The van der Waals surface area contributed by atoms with Gasteiger partial charge in [0.2, 0.25) is 0 Å². The highest BCUT2D eigenvalue weighted by Crippen LogP contribution is 2.23. The van der Waals surface area contributed by atoms with Gasteiger partial charge in [0, 0.05) is 6.20 Å². The maximum Gasteiger partial charge on any atom is 0.141 e. The minimum Gasteiger partial charge on any atom is -0.309 e. The lowest BCUT2D eigenvalue weighted by molar-refractivity contribution is 0.608. The summed E-state index contributed by atoms with van der Waals surface area (Å²) in [6.07, 6.45) is 2.92. The number of aromatic nitrogens is 1. The number of pyridine rings is 1. The van der Waals surface area contributed by atoms with Gasteiger partial charge in [0.1, 0.15) is 5.82 Å². The second kappa shape index (κ2) is 5.93. The molecule has 1 aromatic heterocycles. The van der Waals surface area contributed by atoms with Gasteiger partial charge in [-0.05, 0) is 35.7 Å². The Bertz CT molecular complexity index is 535. The lowest BCUT2D eigenvalue weighted by Crippen LogP contribution is -2.18. The first-order chi connectivity index (χ1) is 9.11. The smallest absolute Gasteiger partial charge is 0.141 e. The number of nitrogens with one attached hydrogen (secondary N) is 1. The Morgan fingerprint density at radius 1 is 1.00 bits per heavy atom. The Morgan fingerprint density at radius 3 is 2.16 bits per heavy atom. The number of benzene rings is 1. The van der Waals surface area contributed by atoms with E-state index in [4.69, 9.17) is 0 Å². The van der Waals surface area contributed by atoms with Crippen molar-refractivity contribution in [1.82, 2.24) is 10.3 Å². The van der Waals surface area contributed by atoms with Crippen LogP contribution >= 0.6 is 0 Å². The molecule has 2 nitrogen and oxygen atoms in total. The highest BCUT2D eigenvalue weighted by Gasteiger charge is 2.13. The van der Waals surface area contributed by atoms with E-state index in [1.807, 2.05) is 7.05 Å². The van der Waals surface area contributed by atoms with Gasteiger partial charge in [0.25, 0.3) is 0 Å². The van der Waals surface area contributed by atoms with Crippen molar-refractivity contribution in [2.24, 2.45) is 0 Å². The predicted octanol–water partition coefficient (Wildman–Crippen LogP) is 3.65. The second-order valence-corrected chi connectivity index (χ2v) is 4.98. The molecule has 0 saturated carbocycles. The zero-order valence-corrected chi connectivity index (χ0v) is 11.5. The van der Waals surface area contributed by atoms with Gasteiger partial charge in [-0.1, -0.05) is 38.1 Å². The summed E-state index contributed by atoms with van der Waals surface area (Å²) in [4.78, 5) is 3.91. The standard InChI is InChI=1S/C16H19FN2/c1-11(2)12-4-6-13(7-5-12)16(18-3)14-8-15(17)10-19-9-14/h4-11,16,18H,1-3H3. The number of nitrogens with zero attached hydrogens (tertiary/aromatic N) is 1. The summed E-state index contributed by atoms with van der Waals surface area (Å²) in [5.41, 5.74) is 3.25. The topological polar surface area (TPSA) is 24.9 Å². The van der Waals surface area contributed by atoms with Crippen molar-refractivity contribution in [3.8, 4) is 0 Å². The molecule has 19 heavy (non-hydrogen) atoms. The molecule has 0 aliphatic heterocycles. The number of hydrogen-bond acceptors (Lipinski definition) is 2. The highest BCUT2D eigenvalue weighted by molar-refractivity contribution is 5.33. The molecular weight excluding hydrogens is 239 g/mol. The van der Waals surface area contributed by atoms with Crippen LogP contribution in [0.1, 0.15) is 42.5 Å². The summed E-state index contributed by atoms with van der Waals surface area (Å²) < 4.78 is 13.3. The van der Waals surface area contributed by atoms with Crippen LogP contribution in [0.4, 0.5) is 4.39 Å². The van der Waals surface area contributed by atoms with Gasteiger partial charge in [-0.25, -0.2) is 4.39 Å². The molecule has 0 fully saturated rings. The van der Waals surface area contributed by atoms with Crippen molar-refractivity contribution in [1.29, 1.82) is 0 Å². The van der Waals surface area contributed by atoms with Crippen molar-refractivity contribution in [2.75, 3.05) is 7.05 Å². The van der Waals surface area contributed by atoms with Crippen LogP contribution in [0.5, 0.6) is 0 Å². The fraction of sp³-hybridized carbons (Fsp3) is 0.312. The Morgan fingerprint density at radius 2 is 1.63 bits per heavy atom. The third kappa shape index (κ3) is 3.18. The molecule has 1 atom stereocenters. The third-order valence-electron chi connectivity index (χ3n) is 3.28. The van der Waals surface area contributed by atoms with Crippen LogP contribution in [0, 0.1) is 5.82 Å². The van der Waals surface area contributed by atoms with Gasteiger partial charge in [-0.15, -0.1) is 0 Å². The molecule has 0 bridgehead atoms. The number of halogens is 1. The monoisotopic (exact) mass is 258 g/mol. The average molecular weight is 258 g/mol. The van der Waals surface area contributed by atoms with Crippen molar-refractivity contribution >= 4 is 0 Å². The average Bonchev–Trinajstić information content (AvgIpc) is 2.40. The van der Waals surface area contributed by atoms with E-state index in [0.717, 1.165) is 11.1 Å². The van der Waals surface area contributed by atoms with E-state index in [1.54, 1.807) is 6.20 Å². The molecule has 1 aromatic carbocycles. The number of rotatable bonds is 4. The zero-order valence-electron chi connectivity index (χ0n) is 11.5. The molecule has 0 spiro atoms. The van der Waals surface area contributed by atoms with E-state index >= 15 is 0 Å². The molecule has 0 amide bonds. The van der Waals surface area contributed by atoms with Crippen LogP contribution in [0.2, 0.25) is 0 Å². The van der Waals surface area contributed by atoms with Crippen LogP contribution in [0.15, 0.2) is 42.7 Å². The molecule has 1 heterocycles. The normalized spacial score (nSPS) is 12.7.